The van der Waals surface area contributed by atoms with Crippen molar-refractivity contribution in [2.45, 2.75) is 17.6 Å². The van der Waals surface area contributed by atoms with Crippen molar-refractivity contribution in [3.05, 3.63) is 126 Å². The van der Waals surface area contributed by atoms with Crippen LogP contribution in [0.3, 0.4) is 0 Å². The van der Waals surface area contributed by atoms with E-state index >= 15 is 0 Å². The van der Waals surface area contributed by atoms with Gasteiger partial charge in [-0.3, -0.25) is 14.4 Å². The van der Waals surface area contributed by atoms with E-state index in [0.29, 0.717) is 11.4 Å². The maximum atomic E-state index is 14.6. The minimum absolute atomic E-state index is 0.311. The molecule has 178 valence electrons. The molecule has 4 aromatic carbocycles. The van der Waals surface area contributed by atoms with Gasteiger partial charge in [0.25, 0.3) is 5.91 Å². The van der Waals surface area contributed by atoms with Gasteiger partial charge in [-0.05, 0) is 47.5 Å². The third-order valence-corrected chi connectivity index (χ3v) is 7.01. The van der Waals surface area contributed by atoms with Crippen LogP contribution in [0.5, 0.6) is 5.75 Å². The summed E-state index contributed by atoms with van der Waals surface area (Å²) < 4.78 is 5.38. The first-order chi connectivity index (χ1) is 17.7. The molecule has 0 saturated carbocycles. The second-order valence-electron chi connectivity index (χ2n) is 8.87. The number of methoxy groups -OCH3 is 1. The van der Waals surface area contributed by atoms with Crippen molar-refractivity contribution in [2.75, 3.05) is 17.1 Å². The molecular formula is C30H24N2O4. The molecule has 3 atom stereocenters. The van der Waals surface area contributed by atoms with Crippen LogP contribution < -0.4 is 14.7 Å². The molecule has 2 saturated heterocycles. The lowest BCUT2D eigenvalue weighted by molar-refractivity contribution is -0.126. The second kappa shape index (κ2) is 8.66. The Morgan fingerprint density at radius 2 is 1.28 bits per heavy atom. The van der Waals surface area contributed by atoms with Gasteiger partial charge >= 0.3 is 0 Å². The molecular weight excluding hydrogens is 452 g/mol. The van der Waals surface area contributed by atoms with Crippen LogP contribution in [0.4, 0.5) is 11.4 Å². The topological polar surface area (TPSA) is 59.1 Å². The fourth-order valence-corrected chi connectivity index (χ4v) is 5.39. The summed E-state index contributed by atoms with van der Waals surface area (Å²) in [5.41, 5.74) is 1.54. The van der Waals surface area contributed by atoms with Crippen LogP contribution in [0.2, 0.25) is 0 Å². The Morgan fingerprint density at radius 3 is 1.86 bits per heavy atom. The van der Waals surface area contributed by atoms with Gasteiger partial charge in [-0.1, -0.05) is 78.9 Å². The maximum absolute atomic E-state index is 14.6. The van der Waals surface area contributed by atoms with E-state index in [-0.39, 0.29) is 11.8 Å². The summed E-state index contributed by atoms with van der Waals surface area (Å²) in [5.74, 6) is 0.00937. The monoisotopic (exact) mass is 476 g/mol. The van der Waals surface area contributed by atoms with Crippen LogP contribution in [0.1, 0.15) is 17.2 Å². The van der Waals surface area contributed by atoms with E-state index in [1.807, 2.05) is 103 Å². The van der Waals surface area contributed by atoms with Gasteiger partial charge in [0, 0.05) is 0 Å². The maximum Gasteiger partial charge on any atom is 0.267 e. The number of anilines is 2. The summed E-state index contributed by atoms with van der Waals surface area (Å²) in [6.45, 7) is 0. The largest absolute Gasteiger partial charge is 0.497 e. The van der Waals surface area contributed by atoms with E-state index in [1.54, 1.807) is 24.3 Å². The van der Waals surface area contributed by atoms with Gasteiger partial charge in [0.15, 0.2) is 6.10 Å². The molecule has 0 N–H and O–H groups in total. The highest BCUT2D eigenvalue weighted by Crippen LogP contribution is 2.57. The van der Waals surface area contributed by atoms with E-state index in [0.717, 1.165) is 16.8 Å². The SMILES string of the molecule is COc1ccc([C@H]2N(c3ccccc3)O[C@@H]3C(=O)N(c4ccccc4)C(=O)[C@@]32c2ccccc2)cc1. The fraction of sp³-hybridized carbons (Fsp3) is 0.133. The average Bonchev–Trinajstić information content (AvgIpc) is 3.41. The Balaban J connectivity index is 1.61. The summed E-state index contributed by atoms with van der Waals surface area (Å²) in [5, 5.41) is 1.72. The van der Waals surface area contributed by atoms with Crippen LogP contribution in [0.25, 0.3) is 0 Å². The Labute approximate surface area is 209 Å². The first-order valence-corrected chi connectivity index (χ1v) is 11.8. The highest BCUT2D eigenvalue weighted by molar-refractivity contribution is 6.28. The highest BCUT2D eigenvalue weighted by Gasteiger charge is 2.72. The molecule has 0 aromatic heterocycles. The number of carbonyl (C=O) groups is 2. The number of ether oxygens (including phenoxy) is 1. The number of benzene rings is 4. The predicted molar refractivity (Wildman–Crippen MR) is 137 cm³/mol. The molecule has 2 aliphatic heterocycles. The standard InChI is InChI=1S/C30H24N2O4/c1-35-25-19-17-21(18-20-25)26-30(22-11-5-2-6-12-22)27(36-32(26)24-15-9-4-10-16-24)28(33)31(29(30)34)23-13-7-3-8-14-23/h2-20,26-27H,1H3/t26-,27-,30-/m1/s1. The average molecular weight is 477 g/mol. The van der Waals surface area contributed by atoms with Gasteiger partial charge in [-0.15, -0.1) is 0 Å². The molecule has 2 aliphatic rings. The van der Waals surface area contributed by atoms with Crippen molar-refractivity contribution in [3.63, 3.8) is 0 Å². The molecule has 0 aliphatic carbocycles. The third-order valence-electron chi connectivity index (χ3n) is 7.01. The van der Waals surface area contributed by atoms with Crippen molar-refractivity contribution >= 4 is 23.2 Å². The van der Waals surface area contributed by atoms with E-state index in [4.69, 9.17) is 9.57 Å². The Kier molecular flexibility index (Phi) is 5.31. The zero-order chi connectivity index (χ0) is 24.7. The molecule has 4 aromatic rings. The van der Waals surface area contributed by atoms with Gasteiger partial charge in [0.2, 0.25) is 5.91 Å². The molecule has 6 rings (SSSR count). The van der Waals surface area contributed by atoms with Crippen molar-refractivity contribution in [2.24, 2.45) is 0 Å². The minimum Gasteiger partial charge on any atom is -0.497 e. The van der Waals surface area contributed by atoms with Gasteiger partial charge in [0.1, 0.15) is 17.2 Å². The van der Waals surface area contributed by atoms with Crippen LogP contribution >= 0.6 is 0 Å². The molecule has 0 spiro atoms. The number of amides is 2. The molecule has 0 unspecified atom stereocenters. The number of fused-ring (bicyclic) bond motifs is 1. The lowest BCUT2D eigenvalue weighted by Crippen LogP contribution is -2.46. The van der Waals surface area contributed by atoms with E-state index in [9.17, 15) is 9.59 Å². The molecule has 6 nitrogen and oxygen atoms in total. The predicted octanol–water partition coefficient (Wildman–Crippen LogP) is 5.07. The molecule has 2 heterocycles. The first-order valence-electron chi connectivity index (χ1n) is 11.8. The lowest BCUT2D eigenvalue weighted by atomic mass is 9.69. The number of para-hydroxylation sites is 2. The molecule has 0 radical (unpaired) electrons. The Morgan fingerprint density at radius 1 is 0.722 bits per heavy atom. The highest BCUT2D eigenvalue weighted by atomic mass is 16.7. The van der Waals surface area contributed by atoms with Gasteiger partial charge in [0.05, 0.1) is 18.5 Å². The van der Waals surface area contributed by atoms with Gasteiger partial charge in [-0.2, -0.15) is 0 Å². The van der Waals surface area contributed by atoms with Crippen LogP contribution in [0, 0.1) is 0 Å². The van der Waals surface area contributed by atoms with E-state index in [1.165, 1.54) is 4.90 Å². The summed E-state index contributed by atoms with van der Waals surface area (Å²) in [7, 11) is 1.61. The van der Waals surface area contributed by atoms with Crippen LogP contribution in [0.15, 0.2) is 115 Å². The Bertz CT molecular complexity index is 1390. The summed E-state index contributed by atoms with van der Waals surface area (Å²) in [6.07, 6.45) is -1.04. The minimum atomic E-state index is -1.31. The zero-order valence-corrected chi connectivity index (χ0v) is 19.7. The van der Waals surface area contributed by atoms with Gasteiger partial charge in [-0.25, -0.2) is 9.96 Å². The number of hydroxylamine groups is 1. The second-order valence-corrected chi connectivity index (χ2v) is 8.87. The van der Waals surface area contributed by atoms with E-state index in [2.05, 4.69) is 0 Å². The summed E-state index contributed by atoms with van der Waals surface area (Å²) in [4.78, 5) is 36.3. The number of carbonyl (C=O) groups excluding carboxylic acids is 2. The number of hydrogen-bond donors (Lipinski definition) is 0. The number of rotatable bonds is 5. The van der Waals surface area contributed by atoms with Crippen LogP contribution in [-0.2, 0) is 19.8 Å². The lowest BCUT2D eigenvalue weighted by Gasteiger charge is -2.35. The molecule has 0 bridgehead atoms. The van der Waals surface area contributed by atoms with Crippen molar-refractivity contribution in [1.29, 1.82) is 0 Å². The summed E-state index contributed by atoms with van der Waals surface area (Å²) >= 11 is 0. The quantitative estimate of drug-likeness (QED) is 0.377. The van der Waals surface area contributed by atoms with Crippen LogP contribution in [-0.4, -0.2) is 25.0 Å². The van der Waals surface area contributed by atoms with E-state index < -0.39 is 17.6 Å². The molecule has 6 heteroatoms. The van der Waals surface area contributed by atoms with Crippen molar-refractivity contribution < 1.29 is 19.2 Å². The van der Waals surface area contributed by atoms with Gasteiger partial charge < -0.3 is 4.74 Å². The molecule has 2 fully saturated rings. The fourth-order valence-electron chi connectivity index (χ4n) is 5.39. The number of nitrogens with zero attached hydrogens (tertiary/aromatic N) is 2. The number of hydrogen-bond acceptors (Lipinski definition) is 5. The first kappa shape index (κ1) is 22.1. The zero-order valence-electron chi connectivity index (χ0n) is 19.7. The normalized spacial score (nSPS) is 23.1. The summed E-state index contributed by atoms with van der Waals surface area (Å²) in [6, 6.07) is 35.1. The smallest absolute Gasteiger partial charge is 0.267 e. The molecule has 36 heavy (non-hydrogen) atoms. The number of imide groups is 1. The third kappa shape index (κ3) is 3.15. The molecule has 2 amide bonds. The Hall–Kier alpha value is -4.42. The van der Waals surface area contributed by atoms with Crippen molar-refractivity contribution in [3.8, 4) is 5.75 Å². The van der Waals surface area contributed by atoms with Crippen molar-refractivity contribution in [1.82, 2.24) is 0 Å².